The smallest absolute Gasteiger partial charge is 0.303 e. The average Bonchev–Trinajstić information content (AvgIpc) is 2.78. The van der Waals surface area contributed by atoms with Crippen LogP contribution in [0, 0.1) is 0 Å². The molecule has 170 valence electrons. The second-order valence-corrected chi connectivity index (χ2v) is 6.63. The molecule has 0 amide bonds. The van der Waals surface area contributed by atoms with E-state index in [4.69, 9.17) is 33.2 Å². The molecular formula is C23H30O8. The molecule has 0 aliphatic carbocycles. The van der Waals surface area contributed by atoms with E-state index in [1.807, 2.05) is 6.07 Å². The highest BCUT2D eigenvalue weighted by atomic mass is 16.6. The Kier molecular flexibility index (Phi) is 8.81. The van der Waals surface area contributed by atoms with Crippen molar-refractivity contribution < 1.29 is 38.0 Å². The summed E-state index contributed by atoms with van der Waals surface area (Å²) in [7, 11) is 9.35. The Balaban J connectivity index is 2.51. The molecule has 31 heavy (non-hydrogen) atoms. The van der Waals surface area contributed by atoms with Gasteiger partial charge in [0.25, 0.3) is 0 Å². The number of carbonyl (C=O) groups is 1. The highest BCUT2D eigenvalue weighted by Gasteiger charge is 2.30. The monoisotopic (exact) mass is 434 g/mol. The molecule has 8 heteroatoms. The quantitative estimate of drug-likeness (QED) is 0.497. The zero-order valence-corrected chi connectivity index (χ0v) is 19.0. The summed E-state index contributed by atoms with van der Waals surface area (Å²) in [6, 6.07) is 8.92. The molecular weight excluding hydrogens is 404 g/mol. The fourth-order valence-corrected chi connectivity index (χ4v) is 3.44. The van der Waals surface area contributed by atoms with Gasteiger partial charge in [-0.2, -0.15) is 0 Å². The van der Waals surface area contributed by atoms with E-state index in [9.17, 15) is 4.79 Å². The minimum atomic E-state index is -0.670. The number of hydrogen-bond donors (Lipinski definition) is 0. The summed E-state index contributed by atoms with van der Waals surface area (Å²) in [6.45, 7) is 1.36. The van der Waals surface area contributed by atoms with E-state index in [1.54, 1.807) is 66.9 Å². The first-order valence-corrected chi connectivity index (χ1v) is 9.63. The van der Waals surface area contributed by atoms with Crippen molar-refractivity contribution in [2.45, 2.75) is 25.6 Å². The van der Waals surface area contributed by atoms with Crippen LogP contribution >= 0.6 is 0 Å². The third-order valence-electron chi connectivity index (χ3n) is 4.87. The number of hydrogen-bond acceptors (Lipinski definition) is 8. The van der Waals surface area contributed by atoms with Gasteiger partial charge in [-0.25, -0.2) is 0 Å². The first kappa shape index (κ1) is 24.1. The fraction of sp³-hybridized carbons (Fsp3) is 0.435. The van der Waals surface area contributed by atoms with Crippen molar-refractivity contribution in [3.05, 3.63) is 41.5 Å². The summed E-state index contributed by atoms with van der Waals surface area (Å²) >= 11 is 0. The highest BCUT2D eigenvalue weighted by Crippen LogP contribution is 2.39. The van der Waals surface area contributed by atoms with E-state index >= 15 is 0 Å². The summed E-state index contributed by atoms with van der Waals surface area (Å²) in [6.07, 6.45) is -0.972. The predicted molar refractivity (Wildman–Crippen MR) is 115 cm³/mol. The van der Waals surface area contributed by atoms with Crippen LogP contribution in [0.5, 0.6) is 28.7 Å². The summed E-state index contributed by atoms with van der Waals surface area (Å²) in [5.41, 5.74) is 1.48. The minimum absolute atomic E-state index is 0.281. The Bertz CT molecular complexity index is 855. The number of methoxy groups -OCH3 is 6. The first-order chi connectivity index (χ1) is 14.9. The van der Waals surface area contributed by atoms with Crippen LogP contribution in [-0.4, -0.2) is 54.7 Å². The predicted octanol–water partition coefficient (Wildman–Crippen LogP) is 3.59. The second-order valence-electron chi connectivity index (χ2n) is 6.63. The van der Waals surface area contributed by atoms with Crippen LogP contribution in [-0.2, 0) is 20.7 Å². The van der Waals surface area contributed by atoms with E-state index in [0.717, 1.165) is 11.1 Å². The van der Waals surface area contributed by atoms with E-state index < -0.39 is 18.2 Å². The maximum absolute atomic E-state index is 11.9. The van der Waals surface area contributed by atoms with E-state index in [2.05, 4.69) is 0 Å². The lowest BCUT2D eigenvalue weighted by molar-refractivity contribution is -0.154. The summed E-state index contributed by atoms with van der Waals surface area (Å²) in [5.74, 6) is 2.39. The van der Waals surface area contributed by atoms with E-state index in [-0.39, 0.29) is 6.42 Å². The van der Waals surface area contributed by atoms with Crippen molar-refractivity contribution in [2.24, 2.45) is 0 Å². The van der Waals surface area contributed by atoms with Gasteiger partial charge >= 0.3 is 5.97 Å². The first-order valence-electron chi connectivity index (χ1n) is 9.63. The molecule has 0 aliphatic rings. The standard InChI is InChI=1S/C23H30O8/c1-14(24)31-22(13-17-19(27-4)11-16(25-2)12-20(17)28-5)23(30-7)15-8-9-18(26-3)21(10-15)29-6/h8-12,22-23H,13H2,1-7H3. The van der Waals surface area contributed by atoms with Crippen molar-refractivity contribution in [1.29, 1.82) is 0 Å². The van der Waals surface area contributed by atoms with Gasteiger partial charge in [-0.3, -0.25) is 4.79 Å². The number of ether oxygens (including phenoxy) is 7. The number of benzene rings is 2. The molecule has 0 heterocycles. The van der Waals surface area contributed by atoms with Gasteiger partial charge in [0, 0.05) is 38.2 Å². The third-order valence-corrected chi connectivity index (χ3v) is 4.87. The Morgan fingerprint density at radius 2 is 1.35 bits per heavy atom. The second kappa shape index (κ2) is 11.3. The SMILES string of the molecule is COc1cc(OC)c(CC(OC(C)=O)C(OC)c2ccc(OC)c(OC)c2)c(OC)c1. The molecule has 0 saturated heterocycles. The molecule has 0 bridgehead atoms. The van der Waals surface area contributed by atoms with Gasteiger partial charge in [-0.05, 0) is 17.7 Å². The van der Waals surface area contributed by atoms with Gasteiger partial charge in [0.1, 0.15) is 29.5 Å². The number of esters is 1. The summed E-state index contributed by atoms with van der Waals surface area (Å²) in [4.78, 5) is 11.9. The molecule has 2 rings (SSSR count). The van der Waals surface area contributed by atoms with Gasteiger partial charge in [-0.15, -0.1) is 0 Å². The van der Waals surface area contributed by atoms with Crippen LogP contribution in [0.1, 0.15) is 24.2 Å². The molecule has 0 spiro atoms. The van der Waals surface area contributed by atoms with Crippen LogP contribution in [0.3, 0.4) is 0 Å². The molecule has 2 aromatic rings. The molecule has 0 N–H and O–H groups in total. The molecule has 0 aliphatic heterocycles. The van der Waals surface area contributed by atoms with Gasteiger partial charge < -0.3 is 33.2 Å². The van der Waals surface area contributed by atoms with E-state index in [1.165, 1.54) is 6.92 Å². The molecule has 0 fully saturated rings. The number of carbonyl (C=O) groups excluding carboxylic acids is 1. The third kappa shape index (κ3) is 5.73. The van der Waals surface area contributed by atoms with Crippen molar-refractivity contribution in [3.8, 4) is 28.7 Å². The molecule has 0 radical (unpaired) electrons. The topological polar surface area (TPSA) is 81.7 Å². The van der Waals surface area contributed by atoms with Crippen molar-refractivity contribution in [2.75, 3.05) is 42.7 Å². The van der Waals surface area contributed by atoms with Crippen LogP contribution in [0.2, 0.25) is 0 Å². The molecule has 2 unspecified atom stereocenters. The molecule has 2 aromatic carbocycles. The van der Waals surface area contributed by atoms with Gasteiger partial charge in [0.2, 0.25) is 0 Å². The van der Waals surface area contributed by atoms with Crippen LogP contribution in [0.4, 0.5) is 0 Å². The Morgan fingerprint density at radius 1 is 0.774 bits per heavy atom. The minimum Gasteiger partial charge on any atom is -0.496 e. The lowest BCUT2D eigenvalue weighted by atomic mass is 9.96. The Labute approximate surface area is 182 Å². The van der Waals surface area contributed by atoms with Crippen LogP contribution in [0.25, 0.3) is 0 Å². The largest absolute Gasteiger partial charge is 0.496 e. The van der Waals surface area contributed by atoms with Gasteiger partial charge in [0.15, 0.2) is 11.5 Å². The maximum Gasteiger partial charge on any atom is 0.303 e. The van der Waals surface area contributed by atoms with Gasteiger partial charge in [-0.1, -0.05) is 6.07 Å². The van der Waals surface area contributed by atoms with Gasteiger partial charge in [0.05, 0.1) is 35.5 Å². The molecule has 2 atom stereocenters. The van der Waals surface area contributed by atoms with Crippen molar-refractivity contribution in [3.63, 3.8) is 0 Å². The van der Waals surface area contributed by atoms with Crippen molar-refractivity contribution in [1.82, 2.24) is 0 Å². The van der Waals surface area contributed by atoms with Crippen LogP contribution in [0.15, 0.2) is 30.3 Å². The summed E-state index contributed by atoms with van der Waals surface area (Å²) < 4.78 is 38.5. The van der Waals surface area contributed by atoms with Crippen LogP contribution < -0.4 is 23.7 Å². The molecule has 0 aromatic heterocycles. The zero-order valence-electron chi connectivity index (χ0n) is 19.0. The van der Waals surface area contributed by atoms with E-state index in [0.29, 0.717) is 28.7 Å². The summed E-state index contributed by atoms with van der Waals surface area (Å²) in [5, 5.41) is 0. The Hall–Kier alpha value is -3.13. The van der Waals surface area contributed by atoms with Crippen molar-refractivity contribution >= 4 is 5.97 Å². The normalized spacial score (nSPS) is 12.5. The zero-order chi connectivity index (χ0) is 23.0. The average molecular weight is 434 g/mol. The maximum atomic E-state index is 11.9. The highest BCUT2D eigenvalue weighted by molar-refractivity contribution is 5.66. The number of rotatable bonds is 11. The Morgan fingerprint density at radius 3 is 1.81 bits per heavy atom. The lowest BCUT2D eigenvalue weighted by Crippen LogP contribution is -2.28. The molecule has 0 saturated carbocycles. The fourth-order valence-electron chi connectivity index (χ4n) is 3.44. The lowest BCUT2D eigenvalue weighted by Gasteiger charge is -2.28. The molecule has 8 nitrogen and oxygen atoms in total.